The number of alkyl halides is 7. The van der Waals surface area contributed by atoms with Crippen LogP contribution < -0.4 is 0 Å². The third-order valence-corrected chi connectivity index (χ3v) is 2.45. The zero-order valence-corrected chi connectivity index (χ0v) is 9.71. The Kier molecular flexibility index (Phi) is 5.90. The van der Waals surface area contributed by atoms with Gasteiger partial charge in [0.25, 0.3) is 0 Å². The summed E-state index contributed by atoms with van der Waals surface area (Å²) in [5, 5.41) is 9.06. The third kappa shape index (κ3) is 4.29. The predicted octanol–water partition coefficient (Wildman–Crippen LogP) is 4.15. The summed E-state index contributed by atoms with van der Waals surface area (Å²) in [5.74, 6) is -11.4. The minimum Gasteiger partial charge on any atom is -0.393 e. The fraction of sp³-hybridized carbons (Fsp3) is 1.00. The van der Waals surface area contributed by atoms with Gasteiger partial charge in [-0.15, -0.1) is 0 Å². The molecule has 0 amide bonds. The molecule has 0 heterocycles. The van der Waals surface area contributed by atoms with Gasteiger partial charge in [-0.05, 0) is 6.42 Å². The molecule has 0 spiro atoms. The van der Waals surface area contributed by atoms with E-state index in [1.165, 1.54) is 0 Å². The summed E-state index contributed by atoms with van der Waals surface area (Å²) in [6.07, 6.45) is -8.74. The van der Waals surface area contributed by atoms with Gasteiger partial charge >= 0.3 is 18.0 Å². The van der Waals surface area contributed by atoms with Gasteiger partial charge in [-0.25, -0.2) is 0 Å². The molecule has 1 nitrogen and oxygen atoms in total. The quantitative estimate of drug-likeness (QED) is 0.550. The number of hydrogen-bond donors (Lipinski definition) is 1. The molecular formula is C10H15F7O. The molecule has 0 aromatic heterocycles. The number of rotatable bonds is 7. The topological polar surface area (TPSA) is 20.2 Å². The lowest BCUT2D eigenvalue weighted by Gasteiger charge is -2.29. The Morgan fingerprint density at radius 1 is 0.944 bits per heavy atom. The van der Waals surface area contributed by atoms with Crippen LogP contribution in [0, 0.1) is 0 Å². The van der Waals surface area contributed by atoms with Crippen LogP contribution in [0.4, 0.5) is 30.7 Å². The standard InChI is InChI=1S/C10H15F7O/c1-2-3-4-5-7(18)6-8(11,12)9(13,14)10(15,16)17/h7,18H,2-6H2,1H3. The number of aliphatic hydroxyl groups is 1. The zero-order valence-electron chi connectivity index (χ0n) is 9.71. The molecular weight excluding hydrogens is 269 g/mol. The molecule has 18 heavy (non-hydrogen) atoms. The van der Waals surface area contributed by atoms with Gasteiger partial charge in [0.2, 0.25) is 0 Å². The lowest BCUT2D eigenvalue weighted by molar-refractivity contribution is -0.358. The second kappa shape index (κ2) is 6.08. The van der Waals surface area contributed by atoms with Crippen molar-refractivity contribution in [1.82, 2.24) is 0 Å². The van der Waals surface area contributed by atoms with E-state index in [0.717, 1.165) is 0 Å². The van der Waals surface area contributed by atoms with Crippen molar-refractivity contribution in [2.75, 3.05) is 0 Å². The Morgan fingerprint density at radius 2 is 1.44 bits per heavy atom. The van der Waals surface area contributed by atoms with Crippen molar-refractivity contribution in [2.45, 2.75) is 63.2 Å². The first kappa shape index (κ1) is 17.5. The Hall–Kier alpha value is -0.530. The summed E-state index contributed by atoms with van der Waals surface area (Å²) in [6, 6.07) is 0. The van der Waals surface area contributed by atoms with E-state index in [-0.39, 0.29) is 6.42 Å². The molecule has 1 atom stereocenters. The van der Waals surface area contributed by atoms with Crippen LogP contribution in [0.3, 0.4) is 0 Å². The summed E-state index contributed by atoms with van der Waals surface area (Å²) in [5.41, 5.74) is 0. The summed E-state index contributed by atoms with van der Waals surface area (Å²) >= 11 is 0. The molecule has 0 radical (unpaired) electrons. The van der Waals surface area contributed by atoms with Crippen LogP contribution in [-0.2, 0) is 0 Å². The van der Waals surface area contributed by atoms with Crippen molar-refractivity contribution in [2.24, 2.45) is 0 Å². The largest absolute Gasteiger partial charge is 0.459 e. The summed E-state index contributed by atoms with van der Waals surface area (Å²) < 4.78 is 85.9. The summed E-state index contributed by atoms with van der Waals surface area (Å²) in [4.78, 5) is 0. The van der Waals surface area contributed by atoms with E-state index in [2.05, 4.69) is 0 Å². The minimum atomic E-state index is -6.33. The van der Waals surface area contributed by atoms with Crippen molar-refractivity contribution in [1.29, 1.82) is 0 Å². The van der Waals surface area contributed by atoms with E-state index in [9.17, 15) is 30.7 Å². The molecule has 0 bridgehead atoms. The number of aliphatic hydroxyl groups excluding tert-OH is 1. The van der Waals surface area contributed by atoms with Gasteiger partial charge in [-0.1, -0.05) is 26.2 Å². The first-order valence-corrected chi connectivity index (χ1v) is 5.46. The summed E-state index contributed by atoms with van der Waals surface area (Å²) in [7, 11) is 0. The molecule has 1 unspecified atom stereocenters. The third-order valence-electron chi connectivity index (χ3n) is 2.45. The fourth-order valence-corrected chi connectivity index (χ4v) is 1.36. The van der Waals surface area contributed by atoms with Crippen LogP contribution in [0.5, 0.6) is 0 Å². The monoisotopic (exact) mass is 284 g/mol. The molecule has 0 aromatic carbocycles. The van der Waals surface area contributed by atoms with E-state index in [4.69, 9.17) is 5.11 Å². The second-order valence-electron chi connectivity index (χ2n) is 4.13. The SMILES string of the molecule is CCCCCC(O)CC(F)(F)C(F)(F)C(F)(F)F. The number of hydrogen-bond acceptors (Lipinski definition) is 1. The first-order chi connectivity index (χ1) is 7.95. The minimum absolute atomic E-state index is 0.225. The summed E-state index contributed by atoms with van der Waals surface area (Å²) in [6.45, 7) is 1.79. The average Bonchev–Trinajstić information content (AvgIpc) is 2.15. The Labute approximate surface area is 100.0 Å². The van der Waals surface area contributed by atoms with Gasteiger partial charge in [0, 0.05) is 6.42 Å². The van der Waals surface area contributed by atoms with Crippen LogP contribution in [0.25, 0.3) is 0 Å². The van der Waals surface area contributed by atoms with Crippen molar-refractivity contribution in [3.8, 4) is 0 Å². The molecule has 0 saturated heterocycles. The van der Waals surface area contributed by atoms with Gasteiger partial charge in [0.15, 0.2) is 0 Å². The van der Waals surface area contributed by atoms with Crippen LogP contribution in [-0.4, -0.2) is 29.2 Å². The molecule has 0 aliphatic rings. The van der Waals surface area contributed by atoms with Gasteiger partial charge in [0.1, 0.15) is 0 Å². The van der Waals surface area contributed by atoms with E-state index < -0.39 is 30.5 Å². The Morgan fingerprint density at radius 3 is 1.83 bits per heavy atom. The van der Waals surface area contributed by atoms with Crippen molar-refractivity contribution < 1.29 is 35.8 Å². The van der Waals surface area contributed by atoms with Crippen LogP contribution in [0.15, 0.2) is 0 Å². The van der Waals surface area contributed by atoms with Crippen molar-refractivity contribution in [3.05, 3.63) is 0 Å². The maximum atomic E-state index is 12.8. The highest BCUT2D eigenvalue weighted by molar-refractivity contribution is 4.92. The normalized spacial score (nSPS) is 15.8. The highest BCUT2D eigenvalue weighted by atomic mass is 19.4. The molecule has 1 N–H and O–H groups in total. The van der Waals surface area contributed by atoms with Gasteiger partial charge in [-0.2, -0.15) is 30.7 Å². The molecule has 0 saturated carbocycles. The van der Waals surface area contributed by atoms with Crippen LogP contribution in [0.2, 0.25) is 0 Å². The highest BCUT2D eigenvalue weighted by Crippen LogP contribution is 2.48. The number of unbranched alkanes of at least 4 members (excludes halogenated alkanes) is 2. The molecule has 0 rings (SSSR count). The lowest BCUT2D eigenvalue weighted by atomic mass is 10.00. The van der Waals surface area contributed by atoms with Crippen LogP contribution in [0.1, 0.15) is 39.0 Å². The molecule has 0 aliphatic carbocycles. The van der Waals surface area contributed by atoms with E-state index in [0.29, 0.717) is 19.3 Å². The van der Waals surface area contributed by atoms with Crippen molar-refractivity contribution in [3.63, 3.8) is 0 Å². The van der Waals surface area contributed by atoms with E-state index >= 15 is 0 Å². The predicted molar refractivity (Wildman–Crippen MR) is 50.7 cm³/mol. The second-order valence-corrected chi connectivity index (χ2v) is 4.13. The lowest BCUT2D eigenvalue weighted by Crippen LogP contribution is -2.53. The fourth-order valence-electron chi connectivity index (χ4n) is 1.36. The molecule has 110 valence electrons. The maximum Gasteiger partial charge on any atom is 0.459 e. The molecule has 8 heteroatoms. The molecule has 0 aliphatic heterocycles. The Balaban J connectivity index is 4.55. The van der Waals surface area contributed by atoms with E-state index in [1.807, 2.05) is 0 Å². The highest BCUT2D eigenvalue weighted by Gasteiger charge is 2.72. The number of halogens is 7. The Bertz CT molecular complexity index is 249. The average molecular weight is 284 g/mol. The van der Waals surface area contributed by atoms with Gasteiger partial charge < -0.3 is 5.11 Å². The van der Waals surface area contributed by atoms with E-state index in [1.54, 1.807) is 6.92 Å². The maximum absolute atomic E-state index is 12.8. The van der Waals surface area contributed by atoms with Crippen LogP contribution >= 0.6 is 0 Å². The zero-order chi connectivity index (χ0) is 14.6. The van der Waals surface area contributed by atoms with Gasteiger partial charge in [0.05, 0.1) is 6.10 Å². The van der Waals surface area contributed by atoms with Gasteiger partial charge in [-0.3, -0.25) is 0 Å². The first-order valence-electron chi connectivity index (χ1n) is 5.46. The molecule has 0 fully saturated rings. The molecule has 0 aromatic rings. The van der Waals surface area contributed by atoms with Crippen molar-refractivity contribution >= 4 is 0 Å². The smallest absolute Gasteiger partial charge is 0.393 e.